The third kappa shape index (κ3) is 2.78. The summed E-state index contributed by atoms with van der Waals surface area (Å²) in [7, 11) is 0. The molecule has 132 valence electrons. The van der Waals surface area contributed by atoms with Gasteiger partial charge in [0.2, 0.25) is 5.28 Å². The van der Waals surface area contributed by atoms with Gasteiger partial charge in [-0.3, -0.25) is 9.69 Å². The number of rotatable bonds is 3. The van der Waals surface area contributed by atoms with Crippen LogP contribution < -0.4 is 9.80 Å². The van der Waals surface area contributed by atoms with Crippen LogP contribution in [0.1, 0.15) is 31.7 Å². The van der Waals surface area contributed by atoms with Gasteiger partial charge in [0.15, 0.2) is 5.82 Å². The van der Waals surface area contributed by atoms with E-state index < -0.39 is 0 Å². The first kappa shape index (κ1) is 16.8. The Kier molecular flexibility index (Phi) is 4.25. The van der Waals surface area contributed by atoms with Gasteiger partial charge < -0.3 is 4.90 Å². The van der Waals surface area contributed by atoms with Crippen molar-refractivity contribution in [3.63, 3.8) is 0 Å². The van der Waals surface area contributed by atoms with Crippen LogP contribution in [-0.2, 0) is 4.79 Å². The summed E-state index contributed by atoms with van der Waals surface area (Å²) in [5.74, 6) is 1.20. The molecule has 0 N–H and O–H groups in total. The molecule has 1 aliphatic carbocycles. The first-order valence-electron chi connectivity index (χ1n) is 8.72. The molecule has 1 unspecified atom stereocenters. The molecule has 1 aromatic carbocycles. The zero-order valence-electron chi connectivity index (χ0n) is 14.4. The van der Waals surface area contributed by atoms with Crippen LogP contribution in [0.4, 0.5) is 17.2 Å². The van der Waals surface area contributed by atoms with Gasteiger partial charge in [0, 0.05) is 6.54 Å². The average Bonchev–Trinajstić information content (AvgIpc) is 2.61. The van der Waals surface area contributed by atoms with Gasteiger partial charge in [-0.05, 0) is 55.5 Å². The number of amides is 1. The van der Waals surface area contributed by atoms with Crippen LogP contribution in [0.25, 0.3) is 0 Å². The summed E-state index contributed by atoms with van der Waals surface area (Å²) in [6, 6.07) is 8.74. The summed E-state index contributed by atoms with van der Waals surface area (Å²) >= 11 is 6.06. The lowest BCUT2D eigenvalue weighted by Crippen LogP contribution is -2.52. The largest absolute Gasteiger partial charge is 0.343 e. The molecule has 2 heterocycles. The van der Waals surface area contributed by atoms with E-state index in [1.54, 1.807) is 29.3 Å². The van der Waals surface area contributed by atoms with E-state index in [0.717, 1.165) is 6.54 Å². The number of nitriles is 1. The number of aromatic nitrogens is 2. The highest BCUT2D eigenvalue weighted by Crippen LogP contribution is 2.41. The van der Waals surface area contributed by atoms with Crippen molar-refractivity contribution < 1.29 is 4.79 Å². The van der Waals surface area contributed by atoms with Crippen LogP contribution >= 0.6 is 11.6 Å². The van der Waals surface area contributed by atoms with Crippen LogP contribution in [0.5, 0.6) is 0 Å². The molecule has 0 spiro atoms. The summed E-state index contributed by atoms with van der Waals surface area (Å²) in [6.45, 7) is 2.68. The molecule has 1 atom stereocenters. The molecule has 0 bridgehead atoms. The van der Waals surface area contributed by atoms with E-state index in [9.17, 15) is 10.1 Å². The molecule has 0 radical (unpaired) electrons. The summed E-state index contributed by atoms with van der Waals surface area (Å²) in [4.78, 5) is 25.3. The van der Waals surface area contributed by atoms with Crippen LogP contribution in [0.2, 0.25) is 5.28 Å². The third-order valence-electron chi connectivity index (χ3n) is 5.19. The number of hydrogen-bond donors (Lipinski definition) is 0. The molecule has 2 aliphatic rings. The standard InChI is InChI=1S/C19H18ClN5O/c1-12-18(26)25(15-7-3-6-14(8-15)9-21)16-10-22-19(20)23-17(16)24(12)11-13-4-2-5-13/h3,6-8,10,12-13H,2,4-5,11H2,1H3. The molecular formula is C19H18ClN5O. The topological polar surface area (TPSA) is 73.1 Å². The van der Waals surface area contributed by atoms with E-state index in [0.29, 0.717) is 28.7 Å². The quantitative estimate of drug-likeness (QED) is 0.774. The Hall–Kier alpha value is -2.65. The molecule has 6 nitrogen and oxygen atoms in total. The van der Waals surface area contributed by atoms with Crippen molar-refractivity contribution in [1.29, 1.82) is 5.26 Å². The molecule has 4 rings (SSSR count). The number of carbonyl (C=O) groups is 1. The van der Waals surface area contributed by atoms with Crippen LogP contribution in [0.3, 0.4) is 0 Å². The Morgan fingerprint density at radius 3 is 2.88 bits per heavy atom. The Balaban J connectivity index is 1.81. The maximum atomic E-state index is 13.2. The minimum atomic E-state index is -0.361. The van der Waals surface area contributed by atoms with Gasteiger partial charge in [-0.1, -0.05) is 12.5 Å². The Morgan fingerprint density at radius 1 is 1.38 bits per heavy atom. The molecule has 0 saturated heterocycles. The predicted molar refractivity (Wildman–Crippen MR) is 99.5 cm³/mol. The smallest absolute Gasteiger partial charge is 0.254 e. The van der Waals surface area contributed by atoms with Gasteiger partial charge >= 0.3 is 0 Å². The second kappa shape index (κ2) is 6.58. The monoisotopic (exact) mass is 367 g/mol. The van der Waals surface area contributed by atoms with Crippen LogP contribution in [-0.4, -0.2) is 28.5 Å². The molecule has 1 amide bonds. The van der Waals surface area contributed by atoms with E-state index in [-0.39, 0.29) is 17.2 Å². The highest BCUT2D eigenvalue weighted by atomic mass is 35.5. The van der Waals surface area contributed by atoms with Gasteiger partial charge in [-0.25, -0.2) is 4.98 Å². The fraction of sp³-hybridized carbons (Fsp3) is 0.368. The zero-order chi connectivity index (χ0) is 18.3. The van der Waals surface area contributed by atoms with E-state index >= 15 is 0 Å². The molecular weight excluding hydrogens is 350 g/mol. The van der Waals surface area contributed by atoms with Gasteiger partial charge in [0.1, 0.15) is 11.7 Å². The van der Waals surface area contributed by atoms with Gasteiger partial charge in [-0.15, -0.1) is 0 Å². The second-order valence-electron chi connectivity index (χ2n) is 6.81. The van der Waals surface area contributed by atoms with Crippen LogP contribution in [0, 0.1) is 17.2 Å². The molecule has 1 aliphatic heterocycles. The Bertz CT molecular complexity index is 905. The molecule has 26 heavy (non-hydrogen) atoms. The van der Waals surface area contributed by atoms with Crippen molar-refractivity contribution in [2.45, 2.75) is 32.2 Å². The third-order valence-corrected chi connectivity index (χ3v) is 5.37. The minimum absolute atomic E-state index is 0.0576. The predicted octanol–water partition coefficient (Wildman–Crippen LogP) is 3.67. The van der Waals surface area contributed by atoms with Gasteiger partial charge in [0.25, 0.3) is 5.91 Å². The molecule has 1 saturated carbocycles. The highest BCUT2D eigenvalue weighted by Gasteiger charge is 2.39. The maximum absolute atomic E-state index is 13.2. The summed E-state index contributed by atoms with van der Waals surface area (Å²) in [5.41, 5.74) is 1.74. The summed E-state index contributed by atoms with van der Waals surface area (Å²) in [6.07, 6.45) is 5.19. The summed E-state index contributed by atoms with van der Waals surface area (Å²) in [5, 5.41) is 9.34. The SMILES string of the molecule is CC1C(=O)N(c2cccc(C#N)c2)c2cnc(Cl)nc2N1CC1CCC1. The van der Waals surface area contributed by atoms with Crippen molar-refractivity contribution >= 4 is 34.7 Å². The first-order chi connectivity index (χ1) is 12.6. The van der Waals surface area contributed by atoms with Crippen molar-refractivity contribution in [3.05, 3.63) is 41.3 Å². The Labute approximate surface area is 157 Å². The highest BCUT2D eigenvalue weighted by molar-refractivity contribution is 6.28. The number of nitrogens with zero attached hydrogens (tertiary/aromatic N) is 5. The number of fused-ring (bicyclic) bond motifs is 1. The average molecular weight is 368 g/mol. The lowest BCUT2D eigenvalue weighted by molar-refractivity contribution is -0.119. The second-order valence-corrected chi connectivity index (χ2v) is 7.15. The number of hydrogen-bond acceptors (Lipinski definition) is 5. The van der Waals surface area contributed by atoms with Gasteiger partial charge in [-0.2, -0.15) is 10.2 Å². The number of carbonyl (C=O) groups excluding carboxylic acids is 1. The van der Waals surface area contributed by atoms with Crippen molar-refractivity contribution in [2.75, 3.05) is 16.3 Å². The van der Waals surface area contributed by atoms with Gasteiger partial charge in [0.05, 0.1) is 23.5 Å². The number of halogens is 1. The molecule has 2 aromatic rings. The fourth-order valence-corrected chi connectivity index (χ4v) is 3.64. The van der Waals surface area contributed by atoms with E-state index in [1.807, 2.05) is 17.9 Å². The summed E-state index contributed by atoms with van der Waals surface area (Å²) < 4.78 is 0. The fourth-order valence-electron chi connectivity index (χ4n) is 3.52. The van der Waals surface area contributed by atoms with E-state index in [1.165, 1.54) is 19.3 Å². The van der Waals surface area contributed by atoms with Crippen molar-refractivity contribution in [2.24, 2.45) is 5.92 Å². The first-order valence-corrected chi connectivity index (χ1v) is 9.09. The van der Waals surface area contributed by atoms with E-state index in [2.05, 4.69) is 16.0 Å². The Morgan fingerprint density at radius 2 is 2.19 bits per heavy atom. The minimum Gasteiger partial charge on any atom is -0.343 e. The van der Waals surface area contributed by atoms with Crippen molar-refractivity contribution in [1.82, 2.24) is 9.97 Å². The molecule has 7 heteroatoms. The van der Waals surface area contributed by atoms with Crippen molar-refractivity contribution in [3.8, 4) is 6.07 Å². The lowest BCUT2D eigenvalue weighted by atomic mass is 9.84. The normalized spacial score (nSPS) is 19.7. The lowest BCUT2D eigenvalue weighted by Gasteiger charge is -2.43. The zero-order valence-corrected chi connectivity index (χ0v) is 15.1. The molecule has 1 fully saturated rings. The maximum Gasteiger partial charge on any atom is 0.254 e. The number of benzene rings is 1. The number of anilines is 3. The van der Waals surface area contributed by atoms with Crippen LogP contribution in [0.15, 0.2) is 30.5 Å². The van der Waals surface area contributed by atoms with E-state index in [4.69, 9.17) is 11.6 Å². The molecule has 1 aromatic heterocycles.